The molecule has 0 aliphatic rings. The Morgan fingerprint density at radius 2 is 1.92 bits per heavy atom. The summed E-state index contributed by atoms with van der Waals surface area (Å²) in [4.78, 5) is 12.0. The topological polar surface area (TPSA) is 66.9 Å². The van der Waals surface area contributed by atoms with Crippen LogP contribution in [-0.4, -0.2) is 21.9 Å². The Kier molecular flexibility index (Phi) is 6.59. The fourth-order valence-corrected chi connectivity index (χ4v) is 3.93. The van der Waals surface area contributed by atoms with E-state index < -0.39 is 0 Å². The number of benzene rings is 2. The number of anilines is 2. The Morgan fingerprint density at radius 1 is 1.15 bits per heavy atom. The van der Waals surface area contributed by atoms with Crippen LogP contribution in [0, 0.1) is 5.82 Å². The maximum absolute atomic E-state index is 12.9. The van der Waals surface area contributed by atoms with E-state index in [0.29, 0.717) is 16.0 Å². The van der Waals surface area contributed by atoms with Crippen LogP contribution in [-0.2, 0) is 11.3 Å². The molecule has 3 rings (SSSR count). The zero-order valence-corrected chi connectivity index (χ0v) is 16.6. The van der Waals surface area contributed by atoms with Crippen LogP contribution in [0.5, 0.6) is 0 Å². The van der Waals surface area contributed by atoms with Crippen molar-refractivity contribution in [2.45, 2.75) is 10.9 Å². The number of carbonyl (C=O) groups excluding carboxylic acids is 1. The van der Waals surface area contributed by atoms with Gasteiger partial charge in [0.25, 0.3) is 0 Å². The van der Waals surface area contributed by atoms with Gasteiger partial charge in [0, 0.05) is 11.0 Å². The highest BCUT2D eigenvalue weighted by atomic mass is 79.9. The predicted molar refractivity (Wildman–Crippen MR) is 107 cm³/mol. The first kappa shape index (κ1) is 18.8. The summed E-state index contributed by atoms with van der Waals surface area (Å²) in [6.45, 7) is 0.530. The number of nitrogens with one attached hydrogen (secondary N) is 2. The van der Waals surface area contributed by atoms with Crippen molar-refractivity contribution in [2.24, 2.45) is 0 Å². The van der Waals surface area contributed by atoms with Gasteiger partial charge in [-0.05, 0) is 45.8 Å². The van der Waals surface area contributed by atoms with E-state index in [4.69, 9.17) is 0 Å². The van der Waals surface area contributed by atoms with Crippen LogP contribution in [0.15, 0.2) is 57.3 Å². The first-order valence-electron chi connectivity index (χ1n) is 7.59. The molecule has 0 saturated carbocycles. The van der Waals surface area contributed by atoms with E-state index in [9.17, 15) is 9.18 Å². The second kappa shape index (κ2) is 9.11. The lowest BCUT2D eigenvalue weighted by Crippen LogP contribution is -2.14. The van der Waals surface area contributed by atoms with Crippen LogP contribution in [0.3, 0.4) is 0 Å². The van der Waals surface area contributed by atoms with Crippen LogP contribution in [0.25, 0.3) is 0 Å². The lowest BCUT2D eigenvalue weighted by molar-refractivity contribution is -0.113. The predicted octanol–water partition coefficient (Wildman–Crippen LogP) is 4.78. The Labute approximate surface area is 166 Å². The average Bonchev–Trinajstić information content (AvgIpc) is 3.09. The molecule has 134 valence electrons. The highest BCUT2D eigenvalue weighted by Crippen LogP contribution is 2.26. The molecule has 0 aliphatic carbocycles. The molecule has 0 spiro atoms. The molecule has 3 aromatic rings. The van der Waals surface area contributed by atoms with Gasteiger partial charge in [-0.3, -0.25) is 4.79 Å². The fraction of sp³-hybridized carbons (Fsp3) is 0.118. The van der Waals surface area contributed by atoms with E-state index in [1.54, 1.807) is 12.1 Å². The average molecular weight is 453 g/mol. The largest absolute Gasteiger partial charge is 0.356 e. The summed E-state index contributed by atoms with van der Waals surface area (Å²) in [6, 6.07) is 13.7. The highest BCUT2D eigenvalue weighted by molar-refractivity contribution is 9.10. The first-order chi connectivity index (χ1) is 12.6. The third kappa shape index (κ3) is 5.52. The van der Waals surface area contributed by atoms with Crippen LogP contribution >= 0.6 is 39.0 Å². The van der Waals surface area contributed by atoms with Gasteiger partial charge in [-0.2, -0.15) is 0 Å². The number of nitrogens with zero attached hydrogens (tertiary/aromatic N) is 2. The highest BCUT2D eigenvalue weighted by Gasteiger charge is 2.09. The van der Waals surface area contributed by atoms with Crippen molar-refractivity contribution in [2.75, 3.05) is 16.4 Å². The molecule has 2 N–H and O–H groups in total. The second-order valence-corrected chi connectivity index (χ2v) is 8.22. The molecule has 0 aliphatic heterocycles. The third-order valence-corrected chi connectivity index (χ3v) is 5.94. The molecule has 0 saturated heterocycles. The molecular formula is C17H14BrFN4OS2. The van der Waals surface area contributed by atoms with Gasteiger partial charge in [0.1, 0.15) is 5.82 Å². The van der Waals surface area contributed by atoms with Crippen molar-refractivity contribution in [3.63, 3.8) is 0 Å². The SMILES string of the molecule is O=C(CSc1nnc(NCc2ccc(F)cc2)s1)Nc1ccccc1Br. The number of thioether (sulfide) groups is 1. The van der Waals surface area contributed by atoms with Crippen LogP contribution in [0.4, 0.5) is 15.2 Å². The smallest absolute Gasteiger partial charge is 0.234 e. The standard InChI is InChI=1S/C17H14BrFN4OS2/c18-13-3-1-2-4-14(13)21-15(24)10-25-17-23-22-16(26-17)20-9-11-5-7-12(19)8-6-11/h1-8H,9-10H2,(H,20,22)(H,21,24). The second-order valence-electron chi connectivity index (χ2n) is 5.17. The number of para-hydroxylation sites is 1. The van der Waals surface area contributed by atoms with E-state index in [2.05, 4.69) is 36.8 Å². The van der Waals surface area contributed by atoms with Gasteiger partial charge in [-0.1, -0.05) is 47.4 Å². The summed E-state index contributed by atoms with van der Waals surface area (Å²) in [7, 11) is 0. The minimum absolute atomic E-state index is 0.113. The van der Waals surface area contributed by atoms with Gasteiger partial charge < -0.3 is 10.6 Å². The van der Waals surface area contributed by atoms with E-state index >= 15 is 0 Å². The molecule has 1 aromatic heterocycles. The van der Waals surface area contributed by atoms with Crippen LogP contribution < -0.4 is 10.6 Å². The summed E-state index contributed by atoms with van der Waals surface area (Å²) in [5.41, 5.74) is 1.68. The zero-order chi connectivity index (χ0) is 18.4. The third-order valence-electron chi connectivity index (χ3n) is 3.24. The molecule has 0 fully saturated rings. The van der Waals surface area contributed by atoms with Crippen molar-refractivity contribution < 1.29 is 9.18 Å². The Morgan fingerprint density at radius 3 is 2.69 bits per heavy atom. The maximum atomic E-state index is 12.9. The Hall–Kier alpha value is -1.97. The normalized spacial score (nSPS) is 10.5. The monoisotopic (exact) mass is 452 g/mol. The molecule has 1 heterocycles. The van der Waals surface area contributed by atoms with Crippen molar-refractivity contribution in [1.82, 2.24) is 10.2 Å². The van der Waals surface area contributed by atoms with Gasteiger partial charge in [0.05, 0.1) is 11.4 Å². The Balaban J connectivity index is 1.46. The van der Waals surface area contributed by atoms with Crippen molar-refractivity contribution in [3.8, 4) is 0 Å². The number of carbonyl (C=O) groups is 1. The van der Waals surface area contributed by atoms with Crippen molar-refractivity contribution in [1.29, 1.82) is 0 Å². The number of halogens is 2. The summed E-state index contributed by atoms with van der Waals surface area (Å²) >= 11 is 6.09. The van der Waals surface area contributed by atoms with E-state index in [1.165, 1.54) is 35.2 Å². The van der Waals surface area contributed by atoms with E-state index in [0.717, 1.165) is 15.7 Å². The minimum atomic E-state index is -0.260. The molecule has 2 aromatic carbocycles. The lowest BCUT2D eigenvalue weighted by atomic mass is 10.2. The number of rotatable bonds is 7. The molecular weight excluding hydrogens is 439 g/mol. The molecule has 9 heteroatoms. The lowest BCUT2D eigenvalue weighted by Gasteiger charge is -2.05. The molecule has 0 atom stereocenters. The number of amides is 1. The summed E-state index contributed by atoms with van der Waals surface area (Å²) in [5.74, 6) is -0.129. The minimum Gasteiger partial charge on any atom is -0.356 e. The zero-order valence-electron chi connectivity index (χ0n) is 13.4. The summed E-state index contributed by atoms with van der Waals surface area (Å²) < 4.78 is 14.4. The van der Waals surface area contributed by atoms with Gasteiger partial charge in [-0.25, -0.2) is 4.39 Å². The number of hydrogen-bond acceptors (Lipinski definition) is 6. The summed E-state index contributed by atoms with van der Waals surface area (Å²) in [6.07, 6.45) is 0. The van der Waals surface area contributed by atoms with Gasteiger partial charge >= 0.3 is 0 Å². The molecule has 0 unspecified atom stereocenters. The molecule has 0 bridgehead atoms. The summed E-state index contributed by atoms with van der Waals surface area (Å²) in [5, 5.41) is 14.7. The first-order valence-corrected chi connectivity index (χ1v) is 10.2. The molecule has 5 nitrogen and oxygen atoms in total. The number of aromatic nitrogens is 2. The van der Waals surface area contributed by atoms with Crippen molar-refractivity contribution >= 4 is 55.8 Å². The van der Waals surface area contributed by atoms with E-state index in [1.807, 2.05) is 24.3 Å². The van der Waals surface area contributed by atoms with Gasteiger partial charge in [-0.15, -0.1) is 10.2 Å². The van der Waals surface area contributed by atoms with Gasteiger partial charge in [0.15, 0.2) is 4.34 Å². The van der Waals surface area contributed by atoms with Crippen molar-refractivity contribution in [3.05, 3.63) is 64.4 Å². The quantitative estimate of drug-likeness (QED) is 0.504. The Bertz CT molecular complexity index is 888. The molecule has 0 radical (unpaired) electrons. The maximum Gasteiger partial charge on any atom is 0.234 e. The van der Waals surface area contributed by atoms with Gasteiger partial charge in [0.2, 0.25) is 11.0 Å². The van der Waals surface area contributed by atoms with Crippen LogP contribution in [0.2, 0.25) is 0 Å². The van der Waals surface area contributed by atoms with E-state index in [-0.39, 0.29) is 17.5 Å². The molecule has 26 heavy (non-hydrogen) atoms. The number of hydrogen-bond donors (Lipinski definition) is 2. The molecule has 1 amide bonds. The van der Waals surface area contributed by atoms with Crippen LogP contribution in [0.1, 0.15) is 5.56 Å². The fourth-order valence-electron chi connectivity index (χ4n) is 2.00.